The summed E-state index contributed by atoms with van der Waals surface area (Å²) in [6.45, 7) is 0. The van der Waals surface area contributed by atoms with E-state index in [2.05, 4.69) is 0 Å². The maximum atomic E-state index is 6.60. The van der Waals surface area contributed by atoms with Gasteiger partial charge in [0, 0.05) is 5.54 Å². The Balaban J connectivity index is 1.69. The Hall–Kier alpha value is -0.0400. The number of nitrogens with two attached hydrogens (primary N) is 1. The van der Waals surface area contributed by atoms with E-state index in [4.69, 9.17) is 5.73 Å². The summed E-state index contributed by atoms with van der Waals surface area (Å²) in [4.78, 5) is 0. The molecule has 7 aliphatic rings. The van der Waals surface area contributed by atoms with E-state index in [1.54, 1.807) is 19.3 Å². The number of rotatable bonds is 0. The zero-order valence-electron chi connectivity index (χ0n) is 9.36. The van der Waals surface area contributed by atoms with Gasteiger partial charge in [0.15, 0.2) is 0 Å². The van der Waals surface area contributed by atoms with Crippen LogP contribution in [-0.4, -0.2) is 5.54 Å². The lowest BCUT2D eigenvalue weighted by molar-refractivity contribution is -0.209. The molecule has 0 saturated heterocycles. The third kappa shape index (κ3) is 0.769. The monoisotopic (exact) mass is 203 g/mol. The lowest BCUT2D eigenvalue weighted by Crippen LogP contribution is -2.69. The predicted molar refractivity (Wildman–Crippen MR) is 59.1 cm³/mol. The molecule has 7 saturated carbocycles. The minimum absolute atomic E-state index is 0.299. The second kappa shape index (κ2) is 2.16. The van der Waals surface area contributed by atoms with Crippen LogP contribution in [0.3, 0.4) is 0 Å². The van der Waals surface area contributed by atoms with Gasteiger partial charge in [0.2, 0.25) is 0 Å². The molecule has 2 N–H and O–H groups in total. The molecule has 0 heterocycles. The first-order chi connectivity index (χ1) is 7.23. The molecule has 7 fully saturated rings. The highest BCUT2D eigenvalue weighted by Gasteiger charge is 2.66. The average molecular weight is 203 g/mol. The Morgan fingerprint density at radius 1 is 0.667 bits per heavy atom. The Kier molecular flexibility index (Phi) is 1.17. The highest BCUT2D eigenvalue weighted by molar-refractivity contribution is 5.17. The van der Waals surface area contributed by atoms with E-state index in [0.717, 1.165) is 41.4 Å². The summed E-state index contributed by atoms with van der Waals surface area (Å²) < 4.78 is 0. The molecule has 0 atom stereocenters. The van der Waals surface area contributed by atoms with Crippen molar-refractivity contribution in [2.24, 2.45) is 47.2 Å². The molecule has 0 aliphatic heterocycles. The highest BCUT2D eigenvalue weighted by Crippen LogP contribution is 2.71. The largest absolute Gasteiger partial charge is 0.325 e. The number of hydrogen-bond acceptors (Lipinski definition) is 1. The van der Waals surface area contributed by atoms with Crippen LogP contribution >= 0.6 is 0 Å². The minimum Gasteiger partial charge on any atom is -0.325 e. The summed E-state index contributed by atoms with van der Waals surface area (Å²) >= 11 is 0. The SMILES string of the molecule is NC12CC3C4CC5CC3C(C1)C(C5)C4C2. The lowest BCUT2D eigenvalue weighted by atomic mass is 9.34. The third-order valence-electron chi connectivity index (χ3n) is 7.04. The molecule has 8 bridgehead atoms. The highest BCUT2D eigenvalue weighted by atomic mass is 14.8. The van der Waals surface area contributed by atoms with E-state index >= 15 is 0 Å². The molecule has 0 aromatic rings. The van der Waals surface area contributed by atoms with Crippen LogP contribution in [-0.2, 0) is 0 Å². The molecular weight excluding hydrogens is 182 g/mol. The van der Waals surface area contributed by atoms with Gasteiger partial charge in [-0.15, -0.1) is 0 Å². The van der Waals surface area contributed by atoms with Gasteiger partial charge in [-0.25, -0.2) is 0 Å². The van der Waals surface area contributed by atoms with Crippen LogP contribution in [0.2, 0.25) is 0 Å². The van der Waals surface area contributed by atoms with Gasteiger partial charge in [0.25, 0.3) is 0 Å². The molecule has 0 spiro atoms. The van der Waals surface area contributed by atoms with Gasteiger partial charge in [-0.2, -0.15) is 0 Å². The Bertz CT molecular complexity index is 274. The molecule has 7 rings (SSSR count). The number of hydrogen-bond donors (Lipinski definition) is 1. The zero-order valence-corrected chi connectivity index (χ0v) is 9.36. The molecule has 0 aromatic heterocycles. The zero-order chi connectivity index (χ0) is 9.78. The summed E-state index contributed by atoms with van der Waals surface area (Å²) in [6.07, 6.45) is 8.96. The standard InChI is InChI=1S/C14H21N/c15-14-4-11-8-1-7-2-9(11)13(6-14)10(3-7)12(8)5-14/h7-13H,1-6,15H2. The fourth-order valence-electron chi connectivity index (χ4n) is 6.96. The molecule has 1 nitrogen and oxygen atoms in total. The molecule has 82 valence electrons. The van der Waals surface area contributed by atoms with Gasteiger partial charge in [-0.3, -0.25) is 0 Å². The summed E-state index contributed by atoms with van der Waals surface area (Å²) in [7, 11) is 0. The normalized spacial score (nSPS) is 73.0. The first-order valence-corrected chi connectivity index (χ1v) is 7.02. The lowest BCUT2D eigenvalue weighted by Gasteiger charge is -2.72. The van der Waals surface area contributed by atoms with Crippen molar-refractivity contribution in [2.75, 3.05) is 0 Å². The van der Waals surface area contributed by atoms with Crippen molar-refractivity contribution < 1.29 is 0 Å². The molecular formula is C14H21N. The molecule has 0 amide bonds. The maximum absolute atomic E-state index is 6.60. The van der Waals surface area contributed by atoms with Crippen LogP contribution in [0, 0.1) is 41.4 Å². The van der Waals surface area contributed by atoms with E-state index in [1.165, 1.54) is 19.3 Å². The average Bonchev–Trinajstić information content (AvgIpc) is 2.23. The van der Waals surface area contributed by atoms with Crippen molar-refractivity contribution in [3.8, 4) is 0 Å². The van der Waals surface area contributed by atoms with Crippen LogP contribution in [0.25, 0.3) is 0 Å². The third-order valence-corrected chi connectivity index (χ3v) is 7.04. The Morgan fingerprint density at radius 2 is 1.07 bits per heavy atom. The van der Waals surface area contributed by atoms with Gasteiger partial charge >= 0.3 is 0 Å². The second-order valence-corrected chi connectivity index (χ2v) is 7.53. The maximum Gasteiger partial charge on any atom is 0.0162 e. The molecule has 0 unspecified atom stereocenters. The van der Waals surface area contributed by atoms with E-state index in [9.17, 15) is 0 Å². The van der Waals surface area contributed by atoms with E-state index < -0.39 is 0 Å². The van der Waals surface area contributed by atoms with E-state index in [0.29, 0.717) is 5.54 Å². The van der Waals surface area contributed by atoms with Crippen LogP contribution < -0.4 is 5.73 Å². The van der Waals surface area contributed by atoms with Crippen LogP contribution in [0.4, 0.5) is 0 Å². The quantitative estimate of drug-likeness (QED) is 0.643. The van der Waals surface area contributed by atoms with Crippen molar-refractivity contribution in [3.05, 3.63) is 0 Å². The van der Waals surface area contributed by atoms with Crippen molar-refractivity contribution >= 4 is 0 Å². The molecule has 1 heteroatoms. The van der Waals surface area contributed by atoms with Crippen molar-refractivity contribution in [1.29, 1.82) is 0 Å². The molecule has 15 heavy (non-hydrogen) atoms. The summed E-state index contributed by atoms with van der Waals surface area (Å²) in [5, 5.41) is 0. The van der Waals surface area contributed by atoms with Crippen LogP contribution in [0.15, 0.2) is 0 Å². The topological polar surface area (TPSA) is 26.0 Å². The van der Waals surface area contributed by atoms with Crippen molar-refractivity contribution in [2.45, 2.75) is 44.1 Å². The van der Waals surface area contributed by atoms with Gasteiger partial charge in [-0.05, 0) is 80.0 Å². The van der Waals surface area contributed by atoms with Crippen molar-refractivity contribution in [1.82, 2.24) is 0 Å². The fourth-order valence-corrected chi connectivity index (χ4v) is 6.96. The summed E-state index contributed by atoms with van der Waals surface area (Å²) in [5.74, 6) is 7.72. The summed E-state index contributed by atoms with van der Waals surface area (Å²) in [5.41, 5.74) is 6.90. The van der Waals surface area contributed by atoms with Crippen LogP contribution in [0.5, 0.6) is 0 Å². The first kappa shape index (κ1) is 8.11. The fraction of sp³-hybridized carbons (Fsp3) is 1.00. The van der Waals surface area contributed by atoms with Gasteiger partial charge < -0.3 is 5.73 Å². The summed E-state index contributed by atoms with van der Waals surface area (Å²) in [6, 6.07) is 0. The Morgan fingerprint density at radius 3 is 1.47 bits per heavy atom. The predicted octanol–water partition coefficient (Wildman–Crippen LogP) is 2.41. The van der Waals surface area contributed by atoms with Gasteiger partial charge in [0.1, 0.15) is 0 Å². The second-order valence-electron chi connectivity index (χ2n) is 7.53. The van der Waals surface area contributed by atoms with E-state index in [-0.39, 0.29) is 0 Å². The Labute approximate surface area is 91.8 Å². The van der Waals surface area contributed by atoms with Gasteiger partial charge in [0.05, 0.1) is 0 Å². The molecule has 0 aromatic carbocycles. The van der Waals surface area contributed by atoms with Crippen LogP contribution in [0.1, 0.15) is 38.5 Å². The smallest absolute Gasteiger partial charge is 0.0162 e. The van der Waals surface area contributed by atoms with Gasteiger partial charge in [-0.1, -0.05) is 0 Å². The first-order valence-electron chi connectivity index (χ1n) is 7.02. The van der Waals surface area contributed by atoms with Crippen molar-refractivity contribution in [3.63, 3.8) is 0 Å². The molecule has 0 radical (unpaired) electrons. The minimum atomic E-state index is 0.299. The molecule has 7 aliphatic carbocycles. The van der Waals surface area contributed by atoms with E-state index in [1.807, 2.05) is 0 Å².